The van der Waals surface area contributed by atoms with Crippen LogP contribution in [-0.4, -0.2) is 33.8 Å². The van der Waals surface area contributed by atoms with Gasteiger partial charge in [0.05, 0.1) is 5.69 Å². The van der Waals surface area contributed by atoms with Gasteiger partial charge in [-0.3, -0.25) is 4.79 Å². The van der Waals surface area contributed by atoms with Gasteiger partial charge in [-0.2, -0.15) is 11.8 Å². The number of aromatic nitrogens is 2. The van der Waals surface area contributed by atoms with Crippen molar-refractivity contribution < 1.29 is 4.79 Å². The first kappa shape index (κ1) is 14.9. The van der Waals surface area contributed by atoms with Crippen molar-refractivity contribution in [3.63, 3.8) is 0 Å². The summed E-state index contributed by atoms with van der Waals surface area (Å²) >= 11 is 1.70. The number of amides is 1. The van der Waals surface area contributed by atoms with Gasteiger partial charge in [-0.25, -0.2) is 4.98 Å². The molecule has 1 N–H and O–H groups in total. The van der Waals surface area contributed by atoms with Crippen LogP contribution in [0.2, 0.25) is 0 Å². The number of fused-ring (bicyclic) bond motifs is 1. The van der Waals surface area contributed by atoms with Crippen molar-refractivity contribution in [3.8, 4) is 0 Å². The van der Waals surface area contributed by atoms with Gasteiger partial charge in [0.25, 0.3) is 0 Å². The van der Waals surface area contributed by atoms with Gasteiger partial charge in [0, 0.05) is 36.5 Å². The minimum atomic E-state index is 0.0633. The zero-order valence-electron chi connectivity index (χ0n) is 12.2. The van der Waals surface area contributed by atoms with Crippen molar-refractivity contribution in [2.75, 3.05) is 18.6 Å². The molecule has 0 aliphatic rings. The molecule has 0 aromatic carbocycles. The maximum absolute atomic E-state index is 11.8. The summed E-state index contributed by atoms with van der Waals surface area (Å²) in [5.41, 5.74) is 3.14. The van der Waals surface area contributed by atoms with E-state index in [4.69, 9.17) is 0 Å². The second kappa shape index (κ2) is 6.79. The molecule has 0 fully saturated rings. The zero-order chi connectivity index (χ0) is 14.5. The quantitative estimate of drug-likeness (QED) is 0.888. The fourth-order valence-electron chi connectivity index (χ4n) is 2.13. The Hall–Kier alpha value is -1.49. The van der Waals surface area contributed by atoms with Crippen molar-refractivity contribution in [2.45, 2.75) is 20.3 Å². The molecule has 2 aromatic heterocycles. The van der Waals surface area contributed by atoms with Crippen LogP contribution in [-0.2, 0) is 11.2 Å². The molecule has 108 valence electrons. The smallest absolute Gasteiger partial charge is 0.223 e. The molecule has 4 nitrogen and oxygen atoms in total. The van der Waals surface area contributed by atoms with E-state index in [1.807, 2.05) is 31.5 Å². The Morgan fingerprint density at radius 1 is 1.50 bits per heavy atom. The van der Waals surface area contributed by atoms with Gasteiger partial charge in [0.15, 0.2) is 0 Å². The predicted molar refractivity (Wildman–Crippen MR) is 84.2 cm³/mol. The molecule has 1 unspecified atom stereocenters. The summed E-state index contributed by atoms with van der Waals surface area (Å²) in [5, 5.41) is 2.97. The Balaban J connectivity index is 1.90. The van der Waals surface area contributed by atoms with E-state index in [9.17, 15) is 4.79 Å². The number of imidazole rings is 1. The average molecular weight is 291 g/mol. The molecule has 2 heterocycles. The molecule has 0 aliphatic carbocycles. The number of nitrogens with zero attached hydrogens (tertiary/aromatic N) is 2. The van der Waals surface area contributed by atoms with E-state index in [1.165, 1.54) is 5.69 Å². The topological polar surface area (TPSA) is 46.4 Å². The maximum atomic E-state index is 11.8. The van der Waals surface area contributed by atoms with E-state index in [2.05, 4.69) is 27.7 Å². The van der Waals surface area contributed by atoms with E-state index in [-0.39, 0.29) is 11.8 Å². The monoisotopic (exact) mass is 291 g/mol. The van der Waals surface area contributed by atoms with E-state index in [0.29, 0.717) is 6.54 Å². The van der Waals surface area contributed by atoms with Crippen molar-refractivity contribution in [1.29, 1.82) is 0 Å². The predicted octanol–water partition coefficient (Wildman–Crippen LogP) is 2.30. The lowest BCUT2D eigenvalue weighted by atomic mass is 10.2. The van der Waals surface area contributed by atoms with Crippen LogP contribution in [0.5, 0.6) is 0 Å². The Bertz CT molecular complexity index is 594. The van der Waals surface area contributed by atoms with Gasteiger partial charge in [0.2, 0.25) is 5.91 Å². The van der Waals surface area contributed by atoms with Gasteiger partial charge >= 0.3 is 0 Å². The summed E-state index contributed by atoms with van der Waals surface area (Å²) in [6.45, 7) is 4.66. The number of hydrogen-bond donors (Lipinski definition) is 1. The first-order chi connectivity index (χ1) is 9.61. The number of carbonyl (C=O) groups is 1. The van der Waals surface area contributed by atoms with Crippen LogP contribution in [0.1, 0.15) is 18.3 Å². The van der Waals surface area contributed by atoms with Gasteiger partial charge in [0.1, 0.15) is 5.65 Å². The minimum Gasteiger partial charge on any atom is -0.355 e. The zero-order valence-corrected chi connectivity index (χ0v) is 13.0. The third-order valence-corrected chi connectivity index (χ3v) is 4.12. The number of pyridine rings is 1. The Labute approximate surface area is 124 Å². The van der Waals surface area contributed by atoms with Crippen molar-refractivity contribution in [1.82, 2.24) is 14.7 Å². The molecule has 2 rings (SSSR count). The SMILES string of the molecule is CSCC(C)C(=O)NCCc1cn2c(C)cccc2n1. The van der Waals surface area contributed by atoms with Gasteiger partial charge < -0.3 is 9.72 Å². The van der Waals surface area contributed by atoms with Crippen molar-refractivity contribution in [3.05, 3.63) is 35.8 Å². The first-order valence-electron chi connectivity index (χ1n) is 6.82. The van der Waals surface area contributed by atoms with E-state index >= 15 is 0 Å². The lowest BCUT2D eigenvalue weighted by Gasteiger charge is -2.09. The van der Waals surface area contributed by atoms with Crippen LogP contribution < -0.4 is 5.32 Å². The second-order valence-electron chi connectivity index (χ2n) is 5.03. The molecule has 1 atom stereocenters. The molecule has 5 heteroatoms. The van der Waals surface area contributed by atoms with Crippen LogP contribution in [0.15, 0.2) is 24.4 Å². The number of nitrogens with one attached hydrogen (secondary N) is 1. The second-order valence-corrected chi connectivity index (χ2v) is 5.94. The highest BCUT2D eigenvalue weighted by atomic mass is 32.2. The molecule has 1 amide bonds. The third kappa shape index (κ3) is 3.54. The highest BCUT2D eigenvalue weighted by Gasteiger charge is 2.11. The lowest BCUT2D eigenvalue weighted by Crippen LogP contribution is -2.31. The number of thioether (sulfide) groups is 1. The molecule has 0 spiro atoms. The fourth-order valence-corrected chi connectivity index (χ4v) is 2.78. The maximum Gasteiger partial charge on any atom is 0.223 e. The molecule has 0 bridgehead atoms. The van der Waals surface area contributed by atoms with Crippen molar-refractivity contribution in [2.24, 2.45) is 5.92 Å². The largest absolute Gasteiger partial charge is 0.355 e. The highest BCUT2D eigenvalue weighted by Crippen LogP contribution is 2.09. The summed E-state index contributed by atoms with van der Waals surface area (Å²) in [6.07, 6.45) is 4.82. The van der Waals surface area contributed by atoms with Gasteiger partial charge in [-0.05, 0) is 25.3 Å². The molecule has 0 saturated heterocycles. The number of hydrogen-bond acceptors (Lipinski definition) is 3. The van der Waals surface area contributed by atoms with E-state index < -0.39 is 0 Å². The molecule has 2 aromatic rings. The summed E-state index contributed by atoms with van der Waals surface area (Å²) < 4.78 is 2.08. The van der Waals surface area contributed by atoms with Gasteiger partial charge in [-0.1, -0.05) is 13.0 Å². The van der Waals surface area contributed by atoms with Crippen molar-refractivity contribution >= 4 is 23.3 Å². The summed E-state index contributed by atoms with van der Waals surface area (Å²) in [6, 6.07) is 6.06. The van der Waals surface area contributed by atoms with Crippen LogP contribution in [0.4, 0.5) is 0 Å². The summed E-state index contributed by atoms with van der Waals surface area (Å²) in [7, 11) is 0. The average Bonchev–Trinajstić information content (AvgIpc) is 2.83. The Kier molecular flexibility index (Phi) is 5.06. The van der Waals surface area contributed by atoms with Crippen LogP contribution >= 0.6 is 11.8 Å². The molecule has 0 radical (unpaired) electrons. The molecule has 20 heavy (non-hydrogen) atoms. The summed E-state index contributed by atoms with van der Waals surface area (Å²) in [4.78, 5) is 16.4. The van der Waals surface area contributed by atoms with Crippen LogP contribution in [0.25, 0.3) is 5.65 Å². The summed E-state index contributed by atoms with van der Waals surface area (Å²) in [5.74, 6) is 1.05. The number of rotatable bonds is 6. The van der Waals surface area contributed by atoms with Crippen LogP contribution in [0.3, 0.4) is 0 Å². The van der Waals surface area contributed by atoms with Crippen LogP contribution in [0, 0.1) is 12.8 Å². The number of carbonyl (C=O) groups excluding carboxylic acids is 1. The minimum absolute atomic E-state index is 0.0633. The molecular weight excluding hydrogens is 270 g/mol. The molecular formula is C15H21N3OS. The molecule has 0 aliphatic heterocycles. The lowest BCUT2D eigenvalue weighted by molar-refractivity contribution is -0.123. The fraction of sp³-hybridized carbons (Fsp3) is 0.467. The van der Waals surface area contributed by atoms with Gasteiger partial charge in [-0.15, -0.1) is 0 Å². The Morgan fingerprint density at radius 2 is 2.30 bits per heavy atom. The standard InChI is InChI=1S/C15H21N3OS/c1-11(10-20-3)15(19)16-8-7-13-9-18-12(2)5-4-6-14(18)17-13/h4-6,9,11H,7-8,10H2,1-3H3,(H,16,19). The van der Waals surface area contributed by atoms with E-state index in [0.717, 1.165) is 23.5 Å². The Morgan fingerprint density at radius 3 is 3.00 bits per heavy atom. The first-order valence-corrected chi connectivity index (χ1v) is 8.21. The highest BCUT2D eigenvalue weighted by molar-refractivity contribution is 7.98. The van der Waals surface area contributed by atoms with E-state index in [1.54, 1.807) is 11.8 Å². The molecule has 0 saturated carbocycles. The number of aryl methyl sites for hydroxylation is 1. The third-order valence-electron chi connectivity index (χ3n) is 3.29. The normalized spacial score (nSPS) is 12.6.